The maximum Gasteiger partial charge on any atom is 0.0497 e. The van der Waals surface area contributed by atoms with Gasteiger partial charge in [0.1, 0.15) is 0 Å². The van der Waals surface area contributed by atoms with Gasteiger partial charge >= 0.3 is 0 Å². The standard InChI is InChI=1S/C10H14O.H2S/c1-8-4-3-5-10(6-8)9(2)7-11;/h3-6,9,11H,7H2,1-2H3;1H2/t9-;/m1./s1. The molecule has 0 aliphatic carbocycles. The molecule has 0 aliphatic heterocycles. The summed E-state index contributed by atoms with van der Waals surface area (Å²) in [7, 11) is 0. The first-order valence-electron chi connectivity index (χ1n) is 3.91. The van der Waals surface area contributed by atoms with Crippen molar-refractivity contribution in [3.63, 3.8) is 0 Å². The van der Waals surface area contributed by atoms with Gasteiger partial charge in [0.15, 0.2) is 0 Å². The van der Waals surface area contributed by atoms with E-state index in [1.54, 1.807) is 0 Å². The van der Waals surface area contributed by atoms with E-state index < -0.39 is 0 Å². The molecule has 0 saturated carbocycles. The summed E-state index contributed by atoms with van der Waals surface area (Å²) in [4.78, 5) is 0. The summed E-state index contributed by atoms with van der Waals surface area (Å²) in [6.45, 7) is 4.31. The van der Waals surface area contributed by atoms with Gasteiger partial charge in [-0.25, -0.2) is 0 Å². The Balaban J connectivity index is 0.00000121. The van der Waals surface area contributed by atoms with Crippen LogP contribution in [0.1, 0.15) is 24.0 Å². The van der Waals surface area contributed by atoms with E-state index in [1.165, 1.54) is 11.1 Å². The maximum atomic E-state index is 8.88. The first-order chi connectivity index (χ1) is 5.24. The van der Waals surface area contributed by atoms with Crippen molar-refractivity contribution in [1.82, 2.24) is 0 Å². The minimum atomic E-state index is 0. The first-order valence-corrected chi connectivity index (χ1v) is 3.91. The largest absolute Gasteiger partial charge is 0.396 e. The number of aliphatic hydroxyl groups excluding tert-OH is 1. The summed E-state index contributed by atoms with van der Waals surface area (Å²) in [6, 6.07) is 8.25. The summed E-state index contributed by atoms with van der Waals surface area (Å²) < 4.78 is 0. The molecular weight excluding hydrogens is 168 g/mol. The van der Waals surface area contributed by atoms with Gasteiger partial charge in [0.25, 0.3) is 0 Å². The molecule has 1 atom stereocenters. The molecule has 0 bridgehead atoms. The first kappa shape index (κ1) is 11.5. The van der Waals surface area contributed by atoms with Gasteiger partial charge in [0.05, 0.1) is 0 Å². The number of benzene rings is 1. The van der Waals surface area contributed by atoms with Crippen molar-refractivity contribution in [3.8, 4) is 0 Å². The quantitative estimate of drug-likeness (QED) is 0.747. The molecule has 0 radical (unpaired) electrons. The fourth-order valence-electron chi connectivity index (χ4n) is 1.08. The normalized spacial score (nSPS) is 11.9. The van der Waals surface area contributed by atoms with Gasteiger partial charge < -0.3 is 5.11 Å². The Morgan fingerprint density at radius 1 is 1.42 bits per heavy atom. The molecule has 2 heteroatoms. The zero-order valence-corrected chi connectivity index (χ0v) is 8.54. The summed E-state index contributed by atoms with van der Waals surface area (Å²) in [5.41, 5.74) is 2.47. The minimum absolute atomic E-state index is 0. The highest BCUT2D eigenvalue weighted by molar-refractivity contribution is 7.59. The highest BCUT2D eigenvalue weighted by Gasteiger charge is 2.01. The van der Waals surface area contributed by atoms with Crippen LogP contribution < -0.4 is 0 Å². The zero-order chi connectivity index (χ0) is 8.27. The van der Waals surface area contributed by atoms with E-state index in [4.69, 9.17) is 5.11 Å². The second-order valence-corrected chi connectivity index (χ2v) is 3.00. The molecule has 12 heavy (non-hydrogen) atoms. The summed E-state index contributed by atoms with van der Waals surface area (Å²) in [5.74, 6) is 0.259. The molecule has 0 aliphatic rings. The van der Waals surface area contributed by atoms with Crippen molar-refractivity contribution in [1.29, 1.82) is 0 Å². The van der Waals surface area contributed by atoms with E-state index in [9.17, 15) is 0 Å². The van der Waals surface area contributed by atoms with Crippen LogP contribution in [-0.2, 0) is 0 Å². The molecule has 0 spiro atoms. The second-order valence-electron chi connectivity index (χ2n) is 3.00. The number of hydrogen-bond donors (Lipinski definition) is 1. The smallest absolute Gasteiger partial charge is 0.0497 e. The van der Waals surface area contributed by atoms with Crippen LogP contribution in [0.5, 0.6) is 0 Å². The fraction of sp³-hybridized carbons (Fsp3) is 0.400. The average Bonchev–Trinajstić information content (AvgIpc) is 2.03. The molecule has 1 nitrogen and oxygen atoms in total. The van der Waals surface area contributed by atoms with Crippen LogP contribution in [-0.4, -0.2) is 11.7 Å². The highest BCUT2D eigenvalue weighted by Crippen LogP contribution is 2.14. The number of aryl methyl sites for hydroxylation is 1. The zero-order valence-electron chi connectivity index (χ0n) is 7.54. The molecule has 0 saturated heterocycles. The van der Waals surface area contributed by atoms with E-state index in [-0.39, 0.29) is 26.0 Å². The Bertz CT molecular complexity index is 235. The number of hydrogen-bond acceptors (Lipinski definition) is 1. The Morgan fingerprint density at radius 2 is 2.08 bits per heavy atom. The van der Waals surface area contributed by atoms with Crippen molar-refractivity contribution in [3.05, 3.63) is 35.4 Å². The maximum absolute atomic E-state index is 8.88. The van der Waals surface area contributed by atoms with Crippen LogP contribution in [0.2, 0.25) is 0 Å². The third-order valence-electron chi connectivity index (χ3n) is 1.89. The summed E-state index contributed by atoms with van der Waals surface area (Å²) in [6.07, 6.45) is 0. The molecule has 1 rings (SSSR count). The fourth-order valence-corrected chi connectivity index (χ4v) is 1.08. The van der Waals surface area contributed by atoms with Crippen molar-refractivity contribution >= 4 is 13.5 Å². The van der Waals surface area contributed by atoms with Gasteiger partial charge in [0, 0.05) is 12.5 Å². The molecule has 0 unspecified atom stereocenters. The predicted molar refractivity (Wildman–Crippen MR) is 57.1 cm³/mol. The van der Waals surface area contributed by atoms with Gasteiger partial charge in [-0.15, -0.1) is 0 Å². The molecule has 0 amide bonds. The Labute approximate surface area is 80.9 Å². The topological polar surface area (TPSA) is 20.2 Å². The van der Waals surface area contributed by atoms with Gasteiger partial charge in [-0.3, -0.25) is 0 Å². The molecule has 1 N–H and O–H groups in total. The van der Waals surface area contributed by atoms with Crippen molar-refractivity contribution < 1.29 is 5.11 Å². The Morgan fingerprint density at radius 3 is 2.58 bits per heavy atom. The molecule has 1 aromatic carbocycles. The van der Waals surface area contributed by atoms with E-state index in [2.05, 4.69) is 19.1 Å². The van der Waals surface area contributed by atoms with Gasteiger partial charge in [-0.05, 0) is 12.5 Å². The third-order valence-corrected chi connectivity index (χ3v) is 1.89. The lowest BCUT2D eigenvalue weighted by Gasteiger charge is -2.07. The van der Waals surface area contributed by atoms with Crippen LogP contribution in [0.3, 0.4) is 0 Å². The molecule has 0 aromatic heterocycles. The van der Waals surface area contributed by atoms with Gasteiger partial charge in [0.2, 0.25) is 0 Å². The van der Waals surface area contributed by atoms with Crippen molar-refractivity contribution in [2.45, 2.75) is 19.8 Å². The van der Waals surface area contributed by atoms with Crippen LogP contribution in [0.4, 0.5) is 0 Å². The second kappa shape index (κ2) is 5.22. The van der Waals surface area contributed by atoms with Crippen molar-refractivity contribution in [2.75, 3.05) is 6.61 Å². The van der Waals surface area contributed by atoms with Crippen LogP contribution in [0.25, 0.3) is 0 Å². The van der Waals surface area contributed by atoms with E-state index >= 15 is 0 Å². The molecular formula is C10H16OS. The van der Waals surface area contributed by atoms with Crippen LogP contribution in [0.15, 0.2) is 24.3 Å². The molecule has 0 heterocycles. The monoisotopic (exact) mass is 184 g/mol. The Hall–Kier alpha value is -0.470. The van der Waals surface area contributed by atoms with Crippen LogP contribution in [0, 0.1) is 6.92 Å². The third kappa shape index (κ3) is 2.88. The molecule has 68 valence electrons. The SMILES string of the molecule is Cc1cccc([C@H](C)CO)c1.S. The number of rotatable bonds is 2. The van der Waals surface area contributed by atoms with Gasteiger partial charge in [-0.2, -0.15) is 13.5 Å². The lowest BCUT2D eigenvalue weighted by Crippen LogP contribution is -1.98. The molecule has 1 aromatic rings. The highest BCUT2D eigenvalue weighted by atomic mass is 32.1. The lowest BCUT2D eigenvalue weighted by atomic mass is 10.0. The van der Waals surface area contributed by atoms with Gasteiger partial charge in [-0.1, -0.05) is 36.8 Å². The summed E-state index contributed by atoms with van der Waals surface area (Å²) in [5, 5.41) is 8.88. The van der Waals surface area contributed by atoms with E-state index in [0.717, 1.165) is 0 Å². The van der Waals surface area contributed by atoms with E-state index in [0.29, 0.717) is 0 Å². The predicted octanol–water partition coefficient (Wildman–Crippen LogP) is 2.20. The summed E-state index contributed by atoms with van der Waals surface area (Å²) >= 11 is 0. The van der Waals surface area contributed by atoms with E-state index in [1.807, 2.05) is 19.1 Å². The lowest BCUT2D eigenvalue weighted by molar-refractivity contribution is 0.273. The van der Waals surface area contributed by atoms with Crippen LogP contribution >= 0.6 is 13.5 Å². The molecule has 0 fully saturated rings. The average molecular weight is 184 g/mol. The number of aliphatic hydroxyl groups is 1. The minimum Gasteiger partial charge on any atom is -0.396 e. The van der Waals surface area contributed by atoms with Crippen molar-refractivity contribution in [2.24, 2.45) is 0 Å². The Kier molecular flexibility index (Phi) is 5.02.